The van der Waals surface area contributed by atoms with Gasteiger partial charge in [-0.15, -0.1) is 0 Å². The Morgan fingerprint density at radius 2 is 2.21 bits per heavy atom. The quantitative estimate of drug-likeness (QED) is 0.869. The van der Waals surface area contributed by atoms with E-state index in [0.29, 0.717) is 24.3 Å². The molecule has 1 N–H and O–H groups in total. The smallest absolute Gasteiger partial charge is 0.261 e. The number of carbonyl (C=O) groups excluding carboxylic acids is 2. The van der Waals surface area contributed by atoms with Crippen molar-refractivity contribution in [2.45, 2.75) is 32.3 Å². The van der Waals surface area contributed by atoms with E-state index in [9.17, 15) is 9.59 Å². The van der Waals surface area contributed by atoms with Crippen LogP contribution in [0, 0.1) is 6.92 Å². The maximum atomic E-state index is 11.9. The second kappa shape index (κ2) is 6.19. The molecule has 0 bridgehead atoms. The molecule has 5 heteroatoms. The normalized spacial score (nSPS) is 19.5. The van der Waals surface area contributed by atoms with E-state index in [2.05, 4.69) is 21.2 Å². The van der Waals surface area contributed by atoms with E-state index in [1.165, 1.54) is 0 Å². The number of aryl methyl sites for hydroxylation is 1. The molecule has 1 saturated heterocycles. The standard InChI is InChI=1S/C14H16BrNO3/c1-9-6-11(15)7-10(8-17)13(9)19-12-4-2-3-5-16-14(12)18/h6-8,12H,2-5H2,1H3,(H,16,18). The van der Waals surface area contributed by atoms with Gasteiger partial charge >= 0.3 is 0 Å². The van der Waals surface area contributed by atoms with Gasteiger partial charge in [0.2, 0.25) is 0 Å². The SMILES string of the molecule is Cc1cc(Br)cc(C=O)c1OC1CCCCNC1=O. The number of hydrogen-bond acceptors (Lipinski definition) is 3. The number of carbonyl (C=O) groups is 2. The summed E-state index contributed by atoms with van der Waals surface area (Å²) in [5, 5.41) is 2.82. The Bertz CT molecular complexity index is 502. The van der Waals surface area contributed by atoms with Crippen LogP contribution in [0.2, 0.25) is 0 Å². The van der Waals surface area contributed by atoms with Gasteiger partial charge in [-0.05, 0) is 43.9 Å². The average Bonchev–Trinajstić information content (AvgIpc) is 2.57. The number of ether oxygens (including phenoxy) is 1. The zero-order valence-corrected chi connectivity index (χ0v) is 12.3. The lowest BCUT2D eigenvalue weighted by atomic mass is 10.1. The molecule has 2 rings (SSSR count). The summed E-state index contributed by atoms with van der Waals surface area (Å²) in [4.78, 5) is 23.0. The van der Waals surface area contributed by atoms with Gasteiger partial charge in [-0.3, -0.25) is 9.59 Å². The molecule has 4 nitrogen and oxygen atoms in total. The minimum absolute atomic E-state index is 0.100. The Kier molecular flexibility index (Phi) is 4.58. The molecule has 102 valence electrons. The van der Waals surface area contributed by atoms with Crippen LogP contribution in [0.4, 0.5) is 0 Å². The number of hydrogen-bond donors (Lipinski definition) is 1. The second-order valence-electron chi connectivity index (χ2n) is 4.65. The fourth-order valence-corrected chi connectivity index (χ4v) is 2.76. The van der Waals surface area contributed by atoms with E-state index < -0.39 is 6.10 Å². The van der Waals surface area contributed by atoms with Gasteiger partial charge in [-0.1, -0.05) is 15.9 Å². The molecule has 0 saturated carbocycles. The fraction of sp³-hybridized carbons (Fsp3) is 0.429. The first-order valence-corrected chi connectivity index (χ1v) is 7.11. The largest absolute Gasteiger partial charge is 0.480 e. The van der Waals surface area contributed by atoms with E-state index in [1.54, 1.807) is 6.07 Å². The van der Waals surface area contributed by atoms with Crippen LogP contribution in [0.5, 0.6) is 5.75 Å². The monoisotopic (exact) mass is 325 g/mol. The molecule has 0 radical (unpaired) electrons. The highest BCUT2D eigenvalue weighted by atomic mass is 79.9. The van der Waals surface area contributed by atoms with E-state index in [4.69, 9.17) is 4.74 Å². The summed E-state index contributed by atoms with van der Waals surface area (Å²) in [5.74, 6) is 0.400. The predicted octanol–water partition coefficient (Wildman–Crippen LogP) is 2.62. The maximum absolute atomic E-state index is 11.9. The molecule has 1 aliphatic heterocycles. The molecule has 1 aliphatic rings. The molecular weight excluding hydrogens is 310 g/mol. The highest BCUT2D eigenvalue weighted by Gasteiger charge is 2.24. The van der Waals surface area contributed by atoms with Crippen molar-refractivity contribution >= 4 is 28.1 Å². The van der Waals surface area contributed by atoms with Gasteiger partial charge < -0.3 is 10.1 Å². The minimum Gasteiger partial charge on any atom is -0.480 e. The van der Waals surface area contributed by atoms with Crippen molar-refractivity contribution in [3.8, 4) is 5.75 Å². The van der Waals surface area contributed by atoms with Crippen LogP contribution in [0.1, 0.15) is 35.2 Å². The lowest BCUT2D eigenvalue weighted by Gasteiger charge is -2.19. The summed E-state index contributed by atoms with van der Waals surface area (Å²) in [6.07, 6.45) is 2.82. The zero-order chi connectivity index (χ0) is 13.8. The third-order valence-corrected chi connectivity index (χ3v) is 3.60. The highest BCUT2D eigenvalue weighted by molar-refractivity contribution is 9.10. The first-order valence-electron chi connectivity index (χ1n) is 6.31. The molecule has 19 heavy (non-hydrogen) atoms. The summed E-state index contributed by atoms with van der Waals surface area (Å²) >= 11 is 3.34. The lowest BCUT2D eigenvalue weighted by Crippen LogP contribution is -2.36. The first kappa shape index (κ1) is 14.1. The first-order chi connectivity index (χ1) is 9.11. The van der Waals surface area contributed by atoms with Crippen LogP contribution < -0.4 is 10.1 Å². The van der Waals surface area contributed by atoms with Gasteiger partial charge in [-0.2, -0.15) is 0 Å². The van der Waals surface area contributed by atoms with Crippen molar-refractivity contribution in [1.82, 2.24) is 5.32 Å². The third kappa shape index (κ3) is 3.35. The fourth-order valence-electron chi connectivity index (χ4n) is 2.17. The molecule has 1 atom stereocenters. The van der Waals surface area contributed by atoms with Gasteiger partial charge in [0.25, 0.3) is 5.91 Å². The van der Waals surface area contributed by atoms with Crippen LogP contribution >= 0.6 is 15.9 Å². The van der Waals surface area contributed by atoms with Gasteiger partial charge in [0.15, 0.2) is 12.4 Å². The maximum Gasteiger partial charge on any atom is 0.261 e. The van der Waals surface area contributed by atoms with Crippen molar-refractivity contribution in [3.63, 3.8) is 0 Å². The minimum atomic E-state index is -0.513. The van der Waals surface area contributed by atoms with Gasteiger partial charge in [0.1, 0.15) is 5.75 Å². The summed E-state index contributed by atoms with van der Waals surface area (Å²) in [5.41, 5.74) is 1.30. The van der Waals surface area contributed by atoms with E-state index in [0.717, 1.165) is 29.2 Å². The van der Waals surface area contributed by atoms with Gasteiger partial charge in [0, 0.05) is 11.0 Å². The molecule has 1 aromatic carbocycles. The molecule has 0 spiro atoms. The van der Waals surface area contributed by atoms with Crippen molar-refractivity contribution in [3.05, 3.63) is 27.7 Å². The topological polar surface area (TPSA) is 55.4 Å². The highest BCUT2D eigenvalue weighted by Crippen LogP contribution is 2.28. The molecule has 0 aliphatic carbocycles. The van der Waals surface area contributed by atoms with Crippen molar-refractivity contribution < 1.29 is 14.3 Å². The molecule has 1 heterocycles. The summed E-state index contributed by atoms with van der Waals surface area (Å²) in [6, 6.07) is 3.57. The molecule has 1 amide bonds. The van der Waals surface area contributed by atoms with E-state index in [-0.39, 0.29) is 5.91 Å². The number of amides is 1. The summed E-state index contributed by atoms with van der Waals surface area (Å²) in [7, 11) is 0. The molecular formula is C14H16BrNO3. The molecule has 1 unspecified atom stereocenters. The molecule has 0 aromatic heterocycles. The number of halogens is 1. The number of aldehydes is 1. The van der Waals surface area contributed by atoms with Gasteiger partial charge in [-0.25, -0.2) is 0 Å². The average molecular weight is 326 g/mol. The lowest BCUT2D eigenvalue weighted by molar-refractivity contribution is -0.127. The summed E-state index contributed by atoms with van der Waals surface area (Å²) in [6.45, 7) is 2.56. The summed E-state index contributed by atoms with van der Waals surface area (Å²) < 4.78 is 6.62. The predicted molar refractivity (Wildman–Crippen MR) is 75.5 cm³/mol. The Morgan fingerprint density at radius 3 is 2.95 bits per heavy atom. The van der Waals surface area contributed by atoms with E-state index >= 15 is 0 Å². The second-order valence-corrected chi connectivity index (χ2v) is 5.57. The van der Waals surface area contributed by atoms with Gasteiger partial charge in [0.05, 0.1) is 5.56 Å². The Labute approximate surface area is 120 Å². The zero-order valence-electron chi connectivity index (χ0n) is 10.7. The Morgan fingerprint density at radius 1 is 1.42 bits per heavy atom. The third-order valence-electron chi connectivity index (χ3n) is 3.14. The molecule has 1 fully saturated rings. The molecule has 1 aromatic rings. The Balaban J connectivity index is 2.26. The van der Waals surface area contributed by atoms with E-state index in [1.807, 2.05) is 13.0 Å². The van der Waals surface area contributed by atoms with Crippen LogP contribution in [0.15, 0.2) is 16.6 Å². The van der Waals surface area contributed by atoms with Crippen LogP contribution in [0.3, 0.4) is 0 Å². The van der Waals surface area contributed by atoms with Crippen molar-refractivity contribution in [1.29, 1.82) is 0 Å². The Hall–Kier alpha value is -1.36. The van der Waals surface area contributed by atoms with Crippen LogP contribution in [-0.4, -0.2) is 24.8 Å². The number of nitrogens with one attached hydrogen (secondary N) is 1. The number of benzene rings is 1. The van der Waals surface area contributed by atoms with Crippen molar-refractivity contribution in [2.75, 3.05) is 6.54 Å². The van der Waals surface area contributed by atoms with Crippen LogP contribution in [-0.2, 0) is 4.79 Å². The number of rotatable bonds is 3. The van der Waals surface area contributed by atoms with Crippen molar-refractivity contribution in [2.24, 2.45) is 0 Å². The van der Waals surface area contributed by atoms with Crippen LogP contribution in [0.25, 0.3) is 0 Å².